The SMILES string of the molecule is COc1cccc(C2CN(c3cc(C)nc(N)n3)C3C4CCN(CC4)C23)c1. The number of nitrogens with zero attached hydrogens (tertiary/aromatic N) is 4. The van der Waals surface area contributed by atoms with Crippen molar-refractivity contribution in [2.45, 2.75) is 37.8 Å². The molecule has 27 heavy (non-hydrogen) atoms. The first-order valence-corrected chi connectivity index (χ1v) is 9.90. The summed E-state index contributed by atoms with van der Waals surface area (Å²) < 4.78 is 5.49. The van der Waals surface area contributed by atoms with E-state index in [9.17, 15) is 0 Å². The van der Waals surface area contributed by atoms with Crippen molar-refractivity contribution in [2.24, 2.45) is 5.92 Å². The molecule has 0 amide bonds. The fourth-order valence-electron chi connectivity index (χ4n) is 5.57. The van der Waals surface area contributed by atoms with Crippen LogP contribution in [0.3, 0.4) is 0 Å². The first-order chi connectivity index (χ1) is 13.1. The third-order valence-electron chi connectivity index (χ3n) is 6.67. The smallest absolute Gasteiger partial charge is 0.222 e. The van der Waals surface area contributed by atoms with Gasteiger partial charge in [-0.25, -0.2) is 4.98 Å². The van der Waals surface area contributed by atoms with E-state index in [0.29, 0.717) is 23.9 Å². The number of anilines is 2. The number of aryl methyl sites for hydroxylation is 1. The van der Waals surface area contributed by atoms with Crippen LogP contribution in [0.2, 0.25) is 0 Å². The number of benzene rings is 1. The van der Waals surface area contributed by atoms with E-state index in [-0.39, 0.29) is 0 Å². The Morgan fingerprint density at radius 2 is 1.93 bits per heavy atom. The highest BCUT2D eigenvalue weighted by molar-refractivity contribution is 5.50. The van der Waals surface area contributed by atoms with Crippen molar-refractivity contribution in [3.05, 3.63) is 41.6 Å². The predicted octanol–water partition coefficient (Wildman–Crippen LogP) is 2.44. The molecule has 0 aliphatic carbocycles. The number of rotatable bonds is 3. The molecule has 5 heterocycles. The Morgan fingerprint density at radius 3 is 2.67 bits per heavy atom. The lowest BCUT2D eigenvalue weighted by molar-refractivity contribution is 0.0354. The van der Waals surface area contributed by atoms with Crippen molar-refractivity contribution < 1.29 is 4.74 Å². The minimum absolute atomic E-state index is 0.368. The zero-order valence-electron chi connectivity index (χ0n) is 16.0. The molecule has 0 radical (unpaired) electrons. The monoisotopic (exact) mass is 365 g/mol. The third kappa shape index (κ3) is 2.74. The summed E-state index contributed by atoms with van der Waals surface area (Å²) in [7, 11) is 1.74. The van der Waals surface area contributed by atoms with Gasteiger partial charge in [0, 0.05) is 36.3 Å². The average molecular weight is 365 g/mol. The lowest BCUT2D eigenvalue weighted by atomic mass is 9.75. The van der Waals surface area contributed by atoms with Gasteiger partial charge in [0.25, 0.3) is 0 Å². The first-order valence-electron chi connectivity index (χ1n) is 9.90. The molecule has 4 fully saturated rings. The van der Waals surface area contributed by atoms with Crippen molar-refractivity contribution in [3.63, 3.8) is 0 Å². The highest BCUT2D eigenvalue weighted by Crippen LogP contribution is 2.48. The number of fused-ring (bicyclic) bond motifs is 2. The lowest BCUT2D eigenvalue weighted by Crippen LogP contribution is -2.60. The van der Waals surface area contributed by atoms with Gasteiger partial charge < -0.3 is 15.4 Å². The van der Waals surface area contributed by atoms with Crippen LogP contribution in [-0.4, -0.2) is 53.7 Å². The van der Waals surface area contributed by atoms with Gasteiger partial charge >= 0.3 is 0 Å². The zero-order valence-corrected chi connectivity index (χ0v) is 16.0. The van der Waals surface area contributed by atoms with Crippen molar-refractivity contribution in [1.29, 1.82) is 0 Å². The summed E-state index contributed by atoms with van der Waals surface area (Å²) in [5.41, 5.74) is 8.27. The van der Waals surface area contributed by atoms with Crippen LogP contribution in [0.1, 0.15) is 30.0 Å². The second-order valence-corrected chi connectivity index (χ2v) is 8.12. The van der Waals surface area contributed by atoms with Gasteiger partial charge in [0.05, 0.1) is 7.11 Å². The van der Waals surface area contributed by atoms with E-state index in [0.717, 1.165) is 29.7 Å². The molecule has 6 rings (SSSR count). The molecule has 1 aromatic carbocycles. The Balaban J connectivity index is 1.57. The predicted molar refractivity (Wildman–Crippen MR) is 106 cm³/mol. The summed E-state index contributed by atoms with van der Waals surface area (Å²) in [4.78, 5) is 14.1. The van der Waals surface area contributed by atoms with E-state index in [4.69, 9.17) is 10.5 Å². The summed E-state index contributed by atoms with van der Waals surface area (Å²) in [6, 6.07) is 11.7. The molecule has 3 unspecified atom stereocenters. The van der Waals surface area contributed by atoms with Crippen LogP contribution in [0.5, 0.6) is 5.75 Å². The van der Waals surface area contributed by atoms with Gasteiger partial charge in [0.2, 0.25) is 5.95 Å². The van der Waals surface area contributed by atoms with Crippen LogP contribution in [-0.2, 0) is 0 Å². The van der Waals surface area contributed by atoms with Gasteiger partial charge in [-0.3, -0.25) is 4.90 Å². The van der Waals surface area contributed by atoms with Gasteiger partial charge in [0.15, 0.2) is 0 Å². The summed E-state index contributed by atoms with van der Waals surface area (Å²) in [5.74, 6) is 3.46. The Hall–Kier alpha value is -2.34. The molecule has 6 heteroatoms. The van der Waals surface area contributed by atoms with Gasteiger partial charge in [0.1, 0.15) is 11.6 Å². The minimum atomic E-state index is 0.368. The first kappa shape index (κ1) is 16.8. The van der Waals surface area contributed by atoms with Gasteiger partial charge in [-0.15, -0.1) is 0 Å². The van der Waals surface area contributed by atoms with E-state index in [2.05, 4.69) is 44.0 Å². The molecule has 4 aliphatic heterocycles. The largest absolute Gasteiger partial charge is 0.497 e. The van der Waals surface area contributed by atoms with Crippen LogP contribution in [0.25, 0.3) is 0 Å². The normalized spacial score (nSPS) is 31.8. The fraction of sp³-hybridized carbons (Fsp3) is 0.524. The number of ether oxygens (including phenoxy) is 1. The second-order valence-electron chi connectivity index (χ2n) is 8.12. The third-order valence-corrected chi connectivity index (χ3v) is 6.67. The number of piperidine rings is 3. The van der Waals surface area contributed by atoms with Gasteiger partial charge in [-0.2, -0.15) is 4.98 Å². The van der Waals surface area contributed by atoms with Gasteiger partial charge in [-0.05, 0) is 56.5 Å². The molecular weight excluding hydrogens is 338 g/mol. The Kier molecular flexibility index (Phi) is 3.97. The van der Waals surface area contributed by atoms with E-state index in [1.165, 1.54) is 31.5 Å². The van der Waals surface area contributed by atoms with Crippen LogP contribution >= 0.6 is 0 Å². The topological polar surface area (TPSA) is 67.5 Å². The average Bonchev–Trinajstić information content (AvgIpc) is 3.11. The Bertz CT molecular complexity index is 828. The lowest BCUT2D eigenvalue weighted by Gasteiger charge is -2.51. The molecule has 1 aromatic heterocycles. The molecule has 142 valence electrons. The van der Waals surface area contributed by atoms with Crippen LogP contribution in [0.15, 0.2) is 30.3 Å². The van der Waals surface area contributed by atoms with Crippen molar-refractivity contribution in [1.82, 2.24) is 14.9 Å². The van der Waals surface area contributed by atoms with Crippen molar-refractivity contribution in [2.75, 3.05) is 37.4 Å². The van der Waals surface area contributed by atoms with E-state index >= 15 is 0 Å². The molecular formula is C21H27N5O. The molecule has 0 saturated carbocycles. The molecule has 0 spiro atoms. The van der Waals surface area contributed by atoms with E-state index < -0.39 is 0 Å². The van der Waals surface area contributed by atoms with Crippen LogP contribution < -0.4 is 15.4 Å². The van der Waals surface area contributed by atoms with E-state index in [1.807, 2.05) is 13.0 Å². The van der Waals surface area contributed by atoms with Gasteiger partial charge in [-0.1, -0.05) is 12.1 Å². The highest BCUT2D eigenvalue weighted by atomic mass is 16.5. The van der Waals surface area contributed by atoms with Crippen molar-refractivity contribution >= 4 is 11.8 Å². The molecule has 2 bridgehead atoms. The number of nitrogen functional groups attached to an aromatic ring is 1. The molecule has 2 aromatic rings. The number of hydrogen-bond acceptors (Lipinski definition) is 6. The number of hydrogen-bond donors (Lipinski definition) is 1. The maximum absolute atomic E-state index is 5.98. The Labute approximate surface area is 160 Å². The van der Waals surface area contributed by atoms with Crippen LogP contribution in [0, 0.1) is 12.8 Å². The van der Waals surface area contributed by atoms with Crippen LogP contribution in [0.4, 0.5) is 11.8 Å². The minimum Gasteiger partial charge on any atom is -0.497 e. The van der Waals surface area contributed by atoms with Crippen molar-refractivity contribution in [3.8, 4) is 5.75 Å². The molecule has 2 N–H and O–H groups in total. The number of methoxy groups -OCH3 is 1. The quantitative estimate of drug-likeness (QED) is 0.901. The maximum Gasteiger partial charge on any atom is 0.222 e. The molecule has 4 aliphatic rings. The summed E-state index contributed by atoms with van der Waals surface area (Å²) in [5, 5.41) is 0. The second kappa shape index (κ2) is 6.37. The molecule has 6 nitrogen and oxygen atoms in total. The number of aromatic nitrogens is 2. The van der Waals surface area contributed by atoms with E-state index in [1.54, 1.807) is 7.11 Å². The highest BCUT2D eigenvalue weighted by Gasteiger charge is 2.53. The molecule has 3 atom stereocenters. The molecule has 4 saturated heterocycles. The maximum atomic E-state index is 5.98. The summed E-state index contributed by atoms with van der Waals surface area (Å²) >= 11 is 0. The number of nitrogens with two attached hydrogens (primary N) is 1. The summed E-state index contributed by atoms with van der Waals surface area (Å²) in [6.45, 7) is 5.38. The summed E-state index contributed by atoms with van der Waals surface area (Å²) in [6.07, 6.45) is 2.56. The fourth-order valence-corrected chi connectivity index (χ4v) is 5.57. The standard InChI is InChI=1S/C21H27N5O/c1-13-10-18(24-21(22)23-13)26-12-17(15-4-3-5-16(11-15)27-2)20-19(26)14-6-8-25(20)9-7-14/h3-5,10-11,14,17,19-20H,6-9,12H2,1-2H3,(H2,22,23,24). The zero-order chi connectivity index (χ0) is 18.5. The Morgan fingerprint density at radius 1 is 1.11 bits per heavy atom.